The summed E-state index contributed by atoms with van der Waals surface area (Å²) in [5.74, 6) is 0. The average Bonchev–Trinajstić information content (AvgIpc) is 2.75. The van der Waals surface area contributed by atoms with Crippen molar-refractivity contribution in [3.8, 4) is 0 Å². The second-order valence-electron chi connectivity index (χ2n) is 7.11. The van der Waals surface area contributed by atoms with Crippen LogP contribution in [0.3, 0.4) is 0 Å². The van der Waals surface area contributed by atoms with Gasteiger partial charge in [0.1, 0.15) is 0 Å². The Bertz CT molecular complexity index is 952. The van der Waals surface area contributed by atoms with E-state index < -0.39 is 13.6 Å². The fourth-order valence-electron chi connectivity index (χ4n) is 4.18. The van der Waals surface area contributed by atoms with Gasteiger partial charge in [0, 0.05) is 0 Å². The van der Waals surface area contributed by atoms with Crippen LogP contribution in [0.1, 0.15) is 11.1 Å². The van der Waals surface area contributed by atoms with Gasteiger partial charge in [-0.1, -0.05) is 0 Å². The minimum atomic E-state index is -2.90. The third-order valence-electron chi connectivity index (χ3n) is 5.45. The fourth-order valence-corrected chi connectivity index (χ4v) is 14.8. The maximum absolute atomic E-state index is 2.90. The summed E-state index contributed by atoms with van der Waals surface area (Å²) in [4.78, 5) is 0. The Hall–Kier alpha value is -2.56. The van der Waals surface area contributed by atoms with Gasteiger partial charge in [0.2, 0.25) is 0 Å². The van der Waals surface area contributed by atoms with Gasteiger partial charge < -0.3 is 0 Å². The number of aryl methyl sites for hydroxylation is 1. The van der Waals surface area contributed by atoms with Crippen molar-refractivity contribution in [3.05, 3.63) is 126 Å². The predicted octanol–water partition coefficient (Wildman–Crippen LogP) is 3.98. The molecule has 0 bridgehead atoms. The van der Waals surface area contributed by atoms with Crippen LogP contribution in [-0.2, 0) is 5.21 Å². The molecule has 0 saturated carbocycles. The molecule has 134 valence electrons. The Morgan fingerprint density at radius 3 is 1.48 bits per heavy atom. The molecule has 0 aromatic heterocycles. The van der Waals surface area contributed by atoms with Gasteiger partial charge in [-0.3, -0.25) is 0 Å². The Labute approximate surface area is 165 Å². The molecular weight excluding hydrogens is 387 g/mol. The van der Waals surface area contributed by atoms with E-state index in [4.69, 9.17) is 0 Å². The monoisotopic (exact) mass is 412 g/mol. The van der Waals surface area contributed by atoms with Crippen LogP contribution >= 0.6 is 0 Å². The van der Waals surface area contributed by atoms with Gasteiger partial charge in [-0.15, -0.1) is 0 Å². The van der Waals surface area contributed by atoms with Crippen LogP contribution in [0.2, 0.25) is 0 Å². The SMILES string of the molecule is Cc1ccccc1[AsH](Cc1ccccc1)(c1ccccc1)c1ccccc1. The Kier molecular flexibility index (Phi) is 5.28. The molecule has 0 N–H and O–H groups in total. The van der Waals surface area contributed by atoms with Gasteiger partial charge in [-0.25, -0.2) is 0 Å². The maximum atomic E-state index is 2.37. The molecule has 0 amide bonds. The van der Waals surface area contributed by atoms with Gasteiger partial charge in [0.05, 0.1) is 0 Å². The molecule has 0 unspecified atom stereocenters. The Morgan fingerprint density at radius 2 is 0.963 bits per heavy atom. The molecule has 1 heteroatoms. The second kappa shape index (κ2) is 7.99. The van der Waals surface area contributed by atoms with Gasteiger partial charge in [-0.05, 0) is 0 Å². The topological polar surface area (TPSA) is 0 Å². The first kappa shape index (κ1) is 17.8. The molecule has 0 radical (unpaired) electrons. The fraction of sp³-hybridized carbons (Fsp3) is 0.0769. The summed E-state index contributed by atoms with van der Waals surface area (Å²) in [5.41, 5.74) is 2.83. The van der Waals surface area contributed by atoms with Crippen molar-refractivity contribution in [1.82, 2.24) is 0 Å². The zero-order valence-electron chi connectivity index (χ0n) is 15.7. The molecule has 4 rings (SSSR count). The summed E-state index contributed by atoms with van der Waals surface area (Å²) in [6, 6.07) is 42.4. The number of benzene rings is 4. The van der Waals surface area contributed by atoms with Gasteiger partial charge >= 0.3 is 165 Å². The first-order valence-corrected chi connectivity index (χ1v) is 14.1. The van der Waals surface area contributed by atoms with Crippen molar-refractivity contribution in [3.63, 3.8) is 0 Å². The van der Waals surface area contributed by atoms with Crippen LogP contribution in [0.4, 0.5) is 0 Å². The molecular formula is C26H25As. The van der Waals surface area contributed by atoms with Crippen LogP contribution in [0.5, 0.6) is 0 Å². The molecule has 0 aliphatic heterocycles. The average molecular weight is 412 g/mol. The molecule has 0 atom stereocenters. The Morgan fingerprint density at radius 1 is 0.519 bits per heavy atom. The summed E-state index contributed by atoms with van der Waals surface area (Å²) >= 11 is -2.90. The molecule has 0 aliphatic carbocycles. The third-order valence-corrected chi connectivity index (χ3v) is 16.1. The molecule has 0 spiro atoms. The van der Waals surface area contributed by atoms with Gasteiger partial charge in [0.25, 0.3) is 0 Å². The number of rotatable bonds is 5. The van der Waals surface area contributed by atoms with E-state index >= 15 is 0 Å². The van der Waals surface area contributed by atoms with Crippen molar-refractivity contribution in [1.29, 1.82) is 0 Å². The Balaban J connectivity index is 2.04. The number of hydrogen-bond donors (Lipinski definition) is 0. The van der Waals surface area contributed by atoms with E-state index in [9.17, 15) is 0 Å². The molecule has 4 aromatic carbocycles. The molecule has 0 fully saturated rings. The van der Waals surface area contributed by atoms with E-state index in [1.54, 1.807) is 4.35 Å². The van der Waals surface area contributed by atoms with Crippen LogP contribution in [0.15, 0.2) is 115 Å². The first-order valence-electron chi connectivity index (χ1n) is 9.52. The zero-order chi connectivity index (χ0) is 18.5. The molecule has 0 heterocycles. The van der Waals surface area contributed by atoms with E-state index in [0.717, 1.165) is 5.21 Å². The molecule has 0 nitrogen and oxygen atoms in total. The van der Waals surface area contributed by atoms with E-state index in [1.807, 2.05) is 0 Å². The molecule has 0 saturated heterocycles. The van der Waals surface area contributed by atoms with Crippen LogP contribution < -0.4 is 13.1 Å². The number of hydrogen-bond acceptors (Lipinski definition) is 0. The molecule has 4 aromatic rings. The predicted molar refractivity (Wildman–Crippen MR) is 120 cm³/mol. The third kappa shape index (κ3) is 3.51. The van der Waals surface area contributed by atoms with Crippen molar-refractivity contribution in [2.45, 2.75) is 12.1 Å². The van der Waals surface area contributed by atoms with Crippen molar-refractivity contribution < 1.29 is 0 Å². The second-order valence-corrected chi connectivity index (χ2v) is 15.2. The molecule has 0 aliphatic rings. The van der Waals surface area contributed by atoms with Crippen LogP contribution in [0.25, 0.3) is 0 Å². The molecule has 27 heavy (non-hydrogen) atoms. The van der Waals surface area contributed by atoms with Gasteiger partial charge in [-0.2, -0.15) is 0 Å². The minimum absolute atomic E-state index is 1.11. The summed E-state index contributed by atoms with van der Waals surface area (Å²) < 4.78 is 4.59. The summed E-state index contributed by atoms with van der Waals surface area (Å²) in [6.45, 7) is 2.27. The first-order chi connectivity index (χ1) is 13.3. The normalized spacial score (nSPS) is 11.9. The van der Waals surface area contributed by atoms with E-state index in [0.29, 0.717) is 0 Å². The van der Waals surface area contributed by atoms with Crippen LogP contribution in [0, 0.1) is 6.92 Å². The summed E-state index contributed by atoms with van der Waals surface area (Å²) in [7, 11) is 0. The quantitative estimate of drug-likeness (QED) is 0.435. The zero-order valence-corrected chi connectivity index (χ0v) is 17.8. The summed E-state index contributed by atoms with van der Waals surface area (Å²) in [5, 5.41) is 1.11. The van der Waals surface area contributed by atoms with Crippen LogP contribution in [-0.4, -0.2) is 13.6 Å². The van der Waals surface area contributed by atoms with Crippen molar-refractivity contribution in [2.24, 2.45) is 0 Å². The van der Waals surface area contributed by atoms with Crippen molar-refractivity contribution >= 4 is 26.6 Å². The van der Waals surface area contributed by atoms with Crippen molar-refractivity contribution in [2.75, 3.05) is 0 Å². The van der Waals surface area contributed by atoms with E-state index in [-0.39, 0.29) is 0 Å². The van der Waals surface area contributed by atoms with Gasteiger partial charge in [0.15, 0.2) is 0 Å². The van der Waals surface area contributed by atoms with E-state index in [2.05, 4.69) is 122 Å². The summed E-state index contributed by atoms with van der Waals surface area (Å²) in [6.07, 6.45) is 0. The standard InChI is InChI=1S/C26H25As/c1-22-13-11-12-20-26(22)27(24-16-7-3-8-17-24,25-18-9-4-10-19-25)21-23-14-5-2-6-15-23/h2-20,27H,21H2,1H3. The van der Waals surface area contributed by atoms with E-state index in [1.165, 1.54) is 19.8 Å².